The molecular formula is C11H19NO3. The molecule has 0 saturated heterocycles. The monoisotopic (exact) mass is 213 g/mol. The van der Waals surface area contributed by atoms with Crippen LogP contribution in [0.2, 0.25) is 0 Å². The molecule has 4 heteroatoms. The summed E-state index contributed by atoms with van der Waals surface area (Å²) in [7, 11) is 0. The Hall–Kier alpha value is -1.06. The molecule has 1 aliphatic carbocycles. The summed E-state index contributed by atoms with van der Waals surface area (Å²) in [5.41, 5.74) is 0. The summed E-state index contributed by atoms with van der Waals surface area (Å²) >= 11 is 0. The molecule has 1 rings (SSSR count). The van der Waals surface area contributed by atoms with E-state index in [9.17, 15) is 9.59 Å². The normalized spacial score (nSPS) is 16.5. The van der Waals surface area contributed by atoms with Crippen LogP contribution in [0, 0.1) is 5.92 Å². The highest BCUT2D eigenvalue weighted by Crippen LogP contribution is 2.28. The van der Waals surface area contributed by atoms with Crippen molar-refractivity contribution in [2.45, 2.75) is 44.9 Å². The first-order valence-corrected chi connectivity index (χ1v) is 5.67. The fourth-order valence-corrected chi connectivity index (χ4v) is 2.03. The molecule has 1 saturated carbocycles. The van der Waals surface area contributed by atoms with Gasteiger partial charge in [-0.2, -0.15) is 0 Å². The van der Waals surface area contributed by atoms with Crippen LogP contribution in [0.15, 0.2) is 0 Å². The van der Waals surface area contributed by atoms with Gasteiger partial charge >= 0.3 is 5.97 Å². The number of hydrogen-bond acceptors (Lipinski definition) is 2. The molecule has 0 aliphatic heterocycles. The topological polar surface area (TPSA) is 66.4 Å². The van der Waals surface area contributed by atoms with E-state index in [0.717, 1.165) is 12.3 Å². The molecule has 1 aliphatic rings. The van der Waals surface area contributed by atoms with Gasteiger partial charge in [-0.3, -0.25) is 9.59 Å². The zero-order valence-electron chi connectivity index (χ0n) is 9.00. The highest BCUT2D eigenvalue weighted by Gasteiger charge is 2.15. The lowest BCUT2D eigenvalue weighted by Crippen LogP contribution is -2.26. The minimum absolute atomic E-state index is 0.00910. The van der Waals surface area contributed by atoms with Crippen LogP contribution in [-0.4, -0.2) is 23.5 Å². The van der Waals surface area contributed by atoms with Crippen LogP contribution in [0.5, 0.6) is 0 Å². The average molecular weight is 213 g/mol. The molecule has 0 aromatic heterocycles. The largest absolute Gasteiger partial charge is 0.481 e. The van der Waals surface area contributed by atoms with Gasteiger partial charge in [0.05, 0.1) is 6.42 Å². The number of amides is 1. The summed E-state index contributed by atoms with van der Waals surface area (Å²) < 4.78 is 0. The van der Waals surface area contributed by atoms with Gasteiger partial charge in [-0.15, -0.1) is 0 Å². The molecule has 0 bridgehead atoms. The van der Waals surface area contributed by atoms with E-state index in [-0.39, 0.29) is 18.9 Å². The Labute approximate surface area is 90.0 Å². The van der Waals surface area contributed by atoms with E-state index in [1.807, 2.05) is 0 Å². The molecule has 1 fully saturated rings. The second-order valence-corrected chi connectivity index (χ2v) is 4.18. The zero-order chi connectivity index (χ0) is 11.1. The molecule has 0 aromatic carbocycles. The lowest BCUT2D eigenvalue weighted by atomic mass is 10.0. The van der Waals surface area contributed by atoms with Crippen LogP contribution in [0.25, 0.3) is 0 Å². The van der Waals surface area contributed by atoms with Gasteiger partial charge in [-0.05, 0) is 12.3 Å². The van der Waals surface area contributed by atoms with Crippen molar-refractivity contribution >= 4 is 11.9 Å². The Balaban J connectivity index is 2.00. The summed E-state index contributed by atoms with van der Waals surface area (Å²) in [5.74, 6) is -0.163. The van der Waals surface area contributed by atoms with Crippen molar-refractivity contribution in [3.63, 3.8) is 0 Å². The summed E-state index contributed by atoms with van der Waals surface area (Å²) in [4.78, 5) is 21.5. The summed E-state index contributed by atoms with van der Waals surface area (Å²) in [6, 6.07) is 0. The maximum absolute atomic E-state index is 11.3. The molecule has 2 N–H and O–H groups in total. The van der Waals surface area contributed by atoms with Gasteiger partial charge in [0.1, 0.15) is 0 Å². The number of carboxylic acid groups (broad SMARTS) is 1. The third-order valence-corrected chi connectivity index (χ3v) is 2.92. The lowest BCUT2D eigenvalue weighted by Gasteiger charge is -2.08. The van der Waals surface area contributed by atoms with E-state index in [1.165, 1.54) is 25.7 Å². The zero-order valence-corrected chi connectivity index (χ0v) is 9.00. The Bertz CT molecular complexity index is 222. The van der Waals surface area contributed by atoms with E-state index in [4.69, 9.17) is 5.11 Å². The van der Waals surface area contributed by atoms with Crippen molar-refractivity contribution in [3.8, 4) is 0 Å². The molecule has 0 heterocycles. The van der Waals surface area contributed by atoms with Crippen LogP contribution in [0.1, 0.15) is 44.9 Å². The molecule has 4 nitrogen and oxygen atoms in total. The van der Waals surface area contributed by atoms with Gasteiger partial charge in [-0.25, -0.2) is 0 Å². The van der Waals surface area contributed by atoms with Gasteiger partial charge in [0, 0.05) is 13.0 Å². The van der Waals surface area contributed by atoms with Crippen LogP contribution in [0.4, 0.5) is 0 Å². The van der Waals surface area contributed by atoms with E-state index in [1.54, 1.807) is 0 Å². The van der Waals surface area contributed by atoms with E-state index < -0.39 is 5.97 Å². The molecule has 86 valence electrons. The Morgan fingerprint density at radius 1 is 1.20 bits per heavy atom. The second kappa shape index (κ2) is 6.43. The van der Waals surface area contributed by atoms with Crippen LogP contribution >= 0.6 is 0 Å². The van der Waals surface area contributed by atoms with E-state index >= 15 is 0 Å². The number of rotatable bonds is 6. The molecule has 15 heavy (non-hydrogen) atoms. The molecule has 0 radical (unpaired) electrons. The van der Waals surface area contributed by atoms with Crippen molar-refractivity contribution < 1.29 is 14.7 Å². The standard InChI is InChI=1S/C11H19NO3/c13-10(12-8-7-11(14)15)6-5-9-3-1-2-4-9/h9H,1-8H2,(H,12,13)(H,14,15). The van der Waals surface area contributed by atoms with Crippen molar-refractivity contribution in [2.75, 3.05) is 6.54 Å². The van der Waals surface area contributed by atoms with Gasteiger partial charge in [0.2, 0.25) is 5.91 Å². The number of carbonyl (C=O) groups excluding carboxylic acids is 1. The number of aliphatic carboxylic acids is 1. The first-order valence-electron chi connectivity index (χ1n) is 5.67. The second-order valence-electron chi connectivity index (χ2n) is 4.18. The van der Waals surface area contributed by atoms with Crippen molar-refractivity contribution in [2.24, 2.45) is 5.92 Å². The number of carboxylic acids is 1. The molecule has 1 amide bonds. The van der Waals surface area contributed by atoms with Crippen LogP contribution < -0.4 is 5.32 Å². The van der Waals surface area contributed by atoms with Crippen LogP contribution in [0.3, 0.4) is 0 Å². The minimum atomic E-state index is -0.869. The third-order valence-electron chi connectivity index (χ3n) is 2.92. The Morgan fingerprint density at radius 2 is 1.87 bits per heavy atom. The molecule has 0 spiro atoms. The summed E-state index contributed by atoms with van der Waals surface area (Å²) in [6.07, 6.45) is 6.61. The fraction of sp³-hybridized carbons (Fsp3) is 0.818. The predicted molar refractivity (Wildman–Crippen MR) is 56.5 cm³/mol. The van der Waals surface area contributed by atoms with Crippen molar-refractivity contribution in [3.05, 3.63) is 0 Å². The molecule has 0 unspecified atom stereocenters. The van der Waals surface area contributed by atoms with E-state index in [0.29, 0.717) is 6.42 Å². The molecular weight excluding hydrogens is 194 g/mol. The van der Waals surface area contributed by atoms with Crippen molar-refractivity contribution in [1.82, 2.24) is 5.32 Å². The fourth-order valence-electron chi connectivity index (χ4n) is 2.03. The van der Waals surface area contributed by atoms with Gasteiger partial charge in [0.15, 0.2) is 0 Å². The van der Waals surface area contributed by atoms with E-state index in [2.05, 4.69) is 5.32 Å². The molecule has 0 atom stereocenters. The Kier molecular flexibility index (Phi) is 5.15. The van der Waals surface area contributed by atoms with Crippen molar-refractivity contribution in [1.29, 1.82) is 0 Å². The number of hydrogen-bond donors (Lipinski definition) is 2. The quantitative estimate of drug-likeness (QED) is 0.703. The highest BCUT2D eigenvalue weighted by molar-refractivity contribution is 5.76. The first kappa shape index (κ1) is 12.0. The lowest BCUT2D eigenvalue weighted by molar-refractivity contribution is -0.136. The predicted octanol–water partition coefficient (Wildman–Crippen LogP) is 1.55. The summed E-state index contributed by atoms with van der Waals surface area (Å²) in [5, 5.41) is 11.0. The van der Waals surface area contributed by atoms with Gasteiger partial charge < -0.3 is 10.4 Å². The smallest absolute Gasteiger partial charge is 0.305 e. The van der Waals surface area contributed by atoms with Crippen LogP contribution in [-0.2, 0) is 9.59 Å². The third kappa shape index (κ3) is 5.40. The first-order chi connectivity index (χ1) is 7.18. The maximum atomic E-state index is 11.3. The minimum Gasteiger partial charge on any atom is -0.481 e. The number of nitrogens with one attached hydrogen (secondary N) is 1. The average Bonchev–Trinajstić information content (AvgIpc) is 2.66. The maximum Gasteiger partial charge on any atom is 0.305 e. The summed E-state index contributed by atoms with van der Waals surface area (Å²) in [6.45, 7) is 0.249. The highest BCUT2D eigenvalue weighted by atomic mass is 16.4. The van der Waals surface area contributed by atoms with Gasteiger partial charge in [0.25, 0.3) is 0 Å². The van der Waals surface area contributed by atoms with Gasteiger partial charge in [-0.1, -0.05) is 25.7 Å². The molecule has 0 aromatic rings. The Morgan fingerprint density at radius 3 is 2.47 bits per heavy atom. The number of carbonyl (C=O) groups is 2. The SMILES string of the molecule is O=C(O)CCNC(=O)CCC1CCCC1.